The zero-order valence-corrected chi connectivity index (χ0v) is 19.6. The van der Waals surface area contributed by atoms with Crippen LogP contribution in [-0.2, 0) is 24.3 Å². The van der Waals surface area contributed by atoms with Gasteiger partial charge in [0.15, 0.2) is 0 Å². The van der Waals surface area contributed by atoms with Crippen LogP contribution in [-0.4, -0.2) is 41.9 Å². The van der Waals surface area contributed by atoms with Crippen LogP contribution in [0.2, 0.25) is 0 Å². The van der Waals surface area contributed by atoms with Crippen molar-refractivity contribution >= 4 is 5.78 Å². The lowest BCUT2D eigenvalue weighted by Gasteiger charge is -2.60. The van der Waals surface area contributed by atoms with Gasteiger partial charge in [-0.2, -0.15) is 19.6 Å². The predicted octanol–water partition coefficient (Wildman–Crippen LogP) is 5.16. The molecule has 2 heterocycles. The summed E-state index contributed by atoms with van der Waals surface area (Å²) in [4.78, 5) is 39.4. The summed E-state index contributed by atoms with van der Waals surface area (Å²) in [5, 5.41) is 0. The highest BCUT2D eigenvalue weighted by molar-refractivity contribution is 5.78. The van der Waals surface area contributed by atoms with Gasteiger partial charge in [0.05, 0.1) is 0 Å². The fraction of sp³-hybridized carbons (Fsp3) is 0.962. The lowest BCUT2D eigenvalue weighted by Crippen LogP contribution is -2.64. The first-order chi connectivity index (χ1) is 15.6. The second-order valence-electron chi connectivity index (χ2n) is 12.0. The SMILES string of the molecule is O=C(CCCN1CCCCC1)CC1CCC2(CC1)OOC1(OO2)C2CC3CC(C2)CC1C3. The van der Waals surface area contributed by atoms with Crippen LogP contribution in [0.5, 0.6) is 0 Å². The van der Waals surface area contributed by atoms with E-state index in [9.17, 15) is 4.79 Å². The molecule has 2 aliphatic heterocycles. The molecule has 0 aromatic carbocycles. The van der Waals surface area contributed by atoms with Gasteiger partial charge in [0.2, 0.25) is 11.6 Å². The van der Waals surface area contributed by atoms with Crippen molar-refractivity contribution in [2.45, 2.75) is 108 Å². The predicted molar refractivity (Wildman–Crippen MR) is 118 cm³/mol. The third kappa shape index (κ3) is 4.19. The Morgan fingerprint density at radius 2 is 1.44 bits per heavy atom. The molecule has 7 rings (SSSR count). The van der Waals surface area contributed by atoms with Crippen molar-refractivity contribution < 1.29 is 24.3 Å². The maximum Gasteiger partial charge on any atom is 0.239 e. The maximum absolute atomic E-state index is 12.5. The van der Waals surface area contributed by atoms with Gasteiger partial charge < -0.3 is 4.90 Å². The average Bonchev–Trinajstić information content (AvgIpc) is 2.81. The van der Waals surface area contributed by atoms with Crippen LogP contribution in [0, 0.1) is 29.6 Å². The number of carbonyl (C=O) groups is 1. The number of hydrogen-bond acceptors (Lipinski definition) is 6. The molecule has 180 valence electrons. The highest BCUT2D eigenvalue weighted by Crippen LogP contribution is 2.61. The van der Waals surface area contributed by atoms with Gasteiger partial charge in [0.25, 0.3) is 0 Å². The minimum absolute atomic E-state index is 0.412. The Morgan fingerprint density at radius 1 is 0.812 bits per heavy atom. The maximum atomic E-state index is 12.5. The van der Waals surface area contributed by atoms with E-state index in [1.165, 1.54) is 64.5 Å². The first kappa shape index (κ1) is 22.0. The molecule has 5 saturated carbocycles. The van der Waals surface area contributed by atoms with Crippen molar-refractivity contribution in [3.63, 3.8) is 0 Å². The number of nitrogens with zero attached hydrogens (tertiary/aromatic N) is 1. The van der Waals surface area contributed by atoms with Gasteiger partial charge in [-0.05, 0) is 102 Å². The van der Waals surface area contributed by atoms with E-state index in [0.29, 0.717) is 30.0 Å². The normalized spacial score (nSPS) is 46.2. The summed E-state index contributed by atoms with van der Waals surface area (Å²) >= 11 is 0. The van der Waals surface area contributed by atoms with Gasteiger partial charge in [-0.3, -0.25) is 4.79 Å². The standard InChI is InChI=1S/C26H41NO5/c28-24(5-4-12-27-10-2-1-3-11-27)18-19-6-8-25(9-7-19)29-31-26(32-30-25)22-14-20-13-21(16-22)17-23(26)15-20/h19-23H,1-18H2. The van der Waals surface area contributed by atoms with E-state index in [0.717, 1.165) is 56.9 Å². The Morgan fingerprint density at radius 3 is 2.06 bits per heavy atom. The van der Waals surface area contributed by atoms with Crippen LogP contribution in [0.25, 0.3) is 0 Å². The quantitative estimate of drug-likeness (QED) is 0.524. The lowest BCUT2D eigenvalue weighted by atomic mass is 9.53. The number of ketones is 1. The molecule has 32 heavy (non-hydrogen) atoms. The Kier molecular flexibility index (Phi) is 6.12. The largest absolute Gasteiger partial charge is 0.303 e. The lowest BCUT2D eigenvalue weighted by molar-refractivity contribution is -0.680. The molecule has 7 fully saturated rings. The van der Waals surface area contributed by atoms with Crippen molar-refractivity contribution in [3.05, 3.63) is 0 Å². The van der Waals surface area contributed by atoms with Crippen LogP contribution in [0.1, 0.15) is 96.3 Å². The van der Waals surface area contributed by atoms with E-state index in [-0.39, 0.29) is 0 Å². The molecule has 6 nitrogen and oxygen atoms in total. The minimum Gasteiger partial charge on any atom is -0.303 e. The second kappa shape index (κ2) is 8.92. The monoisotopic (exact) mass is 447 g/mol. The number of carbonyl (C=O) groups excluding carboxylic acids is 1. The Bertz CT molecular complexity index is 642. The third-order valence-electron chi connectivity index (χ3n) is 9.69. The van der Waals surface area contributed by atoms with Gasteiger partial charge in [-0.25, -0.2) is 0 Å². The number of piperidine rings is 1. The summed E-state index contributed by atoms with van der Waals surface area (Å²) < 4.78 is 0. The molecule has 0 aromatic rings. The molecular formula is C26H41NO5. The molecule has 2 saturated heterocycles. The number of Topliss-reactive ketones (excluding diaryl/α,β-unsaturated/α-hetero) is 1. The molecule has 5 aliphatic carbocycles. The second-order valence-corrected chi connectivity index (χ2v) is 12.0. The van der Waals surface area contributed by atoms with Gasteiger partial charge in [-0.1, -0.05) is 6.42 Å². The van der Waals surface area contributed by atoms with Crippen molar-refractivity contribution in [2.75, 3.05) is 19.6 Å². The van der Waals surface area contributed by atoms with Crippen LogP contribution < -0.4 is 0 Å². The molecular weight excluding hydrogens is 406 g/mol. The molecule has 7 aliphatic rings. The summed E-state index contributed by atoms with van der Waals surface area (Å²) in [5.74, 6) is 1.94. The van der Waals surface area contributed by atoms with Gasteiger partial charge in [0.1, 0.15) is 5.78 Å². The van der Waals surface area contributed by atoms with Crippen molar-refractivity contribution in [1.82, 2.24) is 4.90 Å². The van der Waals surface area contributed by atoms with E-state index in [2.05, 4.69) is 4.90 Å². The number of likely N-dealkylation sites (tertiary alicyclic amines) is 1. The topological polar surface area (TPSA) is 57.2 Å². The summed E-state index contributed by atoms with van der Waals surface area (Å²) in [6.07, 6.45) is 16.0. The zero-order valence-electron chi connectivity index (χ0n) is 19.6. The Balaban J connectivity index is 0.942. The molecule has 0 unspecified atom stereocenters. The van der Waals surface area contributed by atoms with Gasteiger partial charge in [0, 0.05) is 37.5 Å². The molecule has 4 bridgehead atoms. The summed E-state index contributed by atoms with van der Waals surface area (Å²) in [6.45, 7) is 3.51. The molecule has 0 radical (unpaired) electrons. The van der Waals surface area contributed by atoms with Crippen LogP contribution >= 0.6 is 0 Å². The van der Waals surface area contributed by atoms with E-state index in [1.807, 2.05) is 0 Å². The van der Waals surface area contributed by atoms with Crippen molar-refractivity contribution in [1.29, 1.82) is 0 Å². The molecule has 0 aromatic heterocycles. The highest BCUT2D eigenvalue weighted by Gasteiger charge is 2.64. The fourth-order valence-corrected chi connectivity index (χ4v) is 8.02. The summed E-state index contributed by atoms with van der Waals surface area (Å²) in [6, 6.07) is 0. The van der Waals surface area contributed by atoms with Crippen molar-refractivity contribution in [3.8, 4) is 0 Å². The Hall–Kier alpha value is -0.530. The molecule has 0 atom stereocenters. The van der Waals surface area contributed by atoms with Gasteiger partial charge in [-0.15, -0.1) is 0 Å². The fourth-order valence-electron chi connectivity index (χ4n) is 8.02. The van der Waals surface area contributed by atoms with Crippen molar-refractivity contribution in [2.24, 2.45) is 29.6 Å². The highest BCUT2D eigenvalue weighted by atomic mass is 17.4. The molecule has 6 heteroatoms. The summed E-state index contributed by atoms with van der Waals surface area (Å²) in [7, 11) is 0. The average molecular weight is 448 g/mol. The zero-order chi connectivity index (χ0) is 21.6. The molecule has 0 N–H and O–H groups in total. The van der Waals surface area contributed by atoms with Crippen LogP contribution in [0.3, 0.4) is 0 Å². The van der Waals surface area contributed by atoms with E-state index in [1.54, 1.807) is 0 Å². The third-order valence-corrected chi connectivity index (χ3v) is 9.69. The molecule has 0 amide bonds. The van der Waals surface area contributed by atoms with Crippen LogP contribution in [0.4, 0.5) is 0 Å². The number of rotatable bonds is 6. The summed E-state index contributed by atoms with van der Waals surface area (Å²) in [5.41, 5.74) is 0. The van der Waals surface area contributed by atoms with E-state index >= 15 is 0 Å². The van der Waals surface area contributed by atoms with Gasteiger partial charge >= 0.3 is 0 Å². The van der Waals surface area contributed by atoms with E-state index in [4.69, 9.17) is 19.6 Å². The van der Waals surface area contributed by atoms with E-state index < -0.39 is 11.6 Å². The first-order valence-electron chi connectivity index (χ1n) is 13.6. The first-order valence-corrected chi connectivity index (χ1v) is 13.6. The molecule has 2 spiro atoms. The van der Waals surface area contributed by atoms with Crippen LogP contribution in [0.15, 0.2) is 0 Å². The smallest absolute Gasteiger partial charge is 0.239 e. The Labute approximate surface area is 192 Å². The minimum atomic E-state index is -0.770. The number of hydrogen-bond donors (Lipinski definition) is 0.